The van der Waals surface area contributed by atoms with Crippen molar-refractivity contribution in [1.82, 2.24) is 35.1 Å². The highest BCUT2D eigenvalue weighted by Crippen LogP contribution is 2.24. The summed E-state index contributed by atoms with van der Waals surface area (Å²) < 4.78 is 0. The summed E-state index contributed by atoms with van der Waals surface area (Å²) in [6.07, 6.45) is 3.76. The van der Waals surface area contributed by atoms with Crippen LogP contribution in [-0.2, 0) is 13.0 Å². The Morgan fingerprint density at radius 2 is 1.88 bits per heavy atom. The summed E-state index contributed by atoms with van der Waals surface area (Å²) in [6.45, 7) is 0.471. The van der Waals surface area contributed by atoms with Crippen LogP contribution in [0, 0.1) is 0 Å². The Labute approximate surface area is 197 Å². The number of rotatable bonds is 5. The smallest absolute Gasteiger partial charge is 0.183 e. The first-order chi connectivity index (χ1) is 16.1. The van der Waals surface area contributed by atoms with Gasteiger partial charge in [-0.05, 0) is 42.0 Å². The van der Waals surface area contributed by atoms with Crippen molar-refractivity contribution in [2.75, 3.05) is 5.32 Å². The van der Waals surface area contributed by atoms with Gasteiger partial charge in [-0.3, -0.25) is 10.1 Å². The standard InChI is InChI=1S/C23H16Cl2N8/c24-14-2-4-18-16(8-14)19(33-32-18)10-27-22-21-23(29-11-28-22)31-20(30-21)6-12-1-3-17-13(5-12)7-15(25)9-26-17/h1-5,7-9,11H,6,10H2,(H,32,33)(H2,27,28,29,30,31). The highest BCUT2D eigenvalue weighted by molar-refractivity contribution is 6.31. The zero-order valence-corrected chi connectivity index (χ0v) is 18.6. The molecule has 0 aliphatic carbocycles. The Morgan fingerprint density at radius 1 is 0.939 bits per heavy atom. The summed E-state index contributed by atoms with van der Waals surface area (Å²) in [5, 5.41) is 14.0. The number of nitrogens with zero attached hydrogens (tertiary/aromatic N) is 5. The Bertz CT molecular complexity index is 1640. The zero-order chi connectivity index (χ0) is 22.4. The number of aromatic nitrogens is 7. The van der Waals surface area contributed by atoms with Gasteiger partial charge in [-0.15, -0.1) is 0 Å². The fraction of sp³-hybridized carbons (Fsp3) is 0.0870. The van der Waals surface area contributed by atoms with Crippen LogP contribution < -0.4 is 5.32 Å². The topological polar surface area (TPSA) is 108 Å². The van der Waals surface area contributed by atoms with Crippen LogP contribution in [-0.4, -0.2) is 35.1 Å². The molecule has 162 valence electrons. The second-order valence-electron chi connectivity index (χ2n) is 7.68. The first-order valence-corrected chi connectivity index (χ1v) is 11.0. The molecule has 33 heavy (non-hydrogen) atoms. The molecule has 0 radical (unpaired) electrons. The van der Waals surface area contributed by atoms with Gasteiger partial charge in [0.1, 0.15) is 17.7 Å². The molecule has 4 heterocycles. The Morgan fingerprint density at radius 3 is 2.82 bits per heavy atom. The minimum absolute atomic E-state index is 0.471. The Hall–Kier alpha value is -3.75. The van der Waals surface area contributed by atoms with Crippen LogP contribution in [0.5, 0.6) is 0 Å². The largest absolute Gasteiger partial charge is 0.362 e. The second-order valence-corrected chi connectivity index (χ2v) is 8.55. The predicted octanol–water partition coefficient (Wildman–Crippen LogP) is 5.29. The van der Waals surface area contributed by atoms with Crippen LogP contribution >= 0.6 is 23.2 Å². The number of anilines is 1. The number of benzene rings is 2. The fourth-order valence-electron chi connectivity index (χ4n) is 3.89. The molecule has 4 aromatic heterocycles. The number of hydrogen-bond donors (Lipinski definition) is 3. The van der Waals surface area contributed by atoms with Gasteiger partial charge in [-0.2, -0.15) is 5.10 Å². The van der Waals surface area contributed by atoms with E-state index in [0.29, 0.717) is 34.5 Å². The average Bonchev–Trinajstić information content (AvgIpc) is 3.40. The number of halogens is 2. The molecular formula is C23H16Cl2N8. The van der Waals surface area contributed by atoms with E-state index in [-0.39, 0.29) is 0 Å². The van der Waals surface area contributed by atoms with Crippen molar-refractivity contribution in [3.63, 3.8) is 0 Å². The number of H-pyrrole nitrogens is 2. The number of nitrogens with one attached hydrogen (secondary N) is 3. The van der Waals surface area contributed by atoms with Gasteiger partial charge >= 0.3 is 0 Å². The molecule has 0 atom stereocenters. The molecule has 2 aromatic carbocycles. The molecule has 0 saturated heterocycles. The molecule has 6 rings (SSSR count). The maximum atomic E-state index is 6.15. The molecule has 0 amide bonds. The lowest BCUT2D eigenvalue weighted by molar-refractivity contribution is 0.986. The van der Waals surface area contributed by atoms with E-state index in [4.69, 9.17) is 23.2 Å². The molecule has 3 N–H and O–H groups in total. The van der Waals surface area contributed by atoms with E-state index in [1.807, 2.05) is 36.4 Å². The fourth-order valence-corrected chi connectivity index (χ4v) is 4.23. The van der Waals surface area contributed by atoms with Crippen molar-refractivity contribution >= 4 is 62.0 Å². The summed E-state index contributed by atoms with van der Waals surface area (Å²) in [6, 6.07) is 13.6. The summed E-state index contributed by atoms with van der Waals surface area (Å²) >= 11 is 12.2. The van der Waals surface area contributed by atoms with Gasteiger partial charge < -0.3 is 10.3 Å². The molecule has 0 aliphatic heterocycles. The first-order valence-electron chi connectivity index (χ1n) is 10.2. The lowest BCUT2D eigenvalue weighted by Crippen LogP contribution is -2.03. The molecule has 10 heteroatoms. The van der Waals surface area contributed by atoms with E-state index in [2.05, 4.69) is 46.5 Å². The van der Waals surface area contributed by atoms with Crippen LogP contribution in [0.3, 0.4) is 0 Å². The molecule has 0 unspecified atom stereocenters. The van der Waals surface area contributed by atoms with Gasteiger partial charge in [-0.25, -0.2) is 15.0 Å². The zero-order valence-electron chi connectivity index (χ0n) is 17.1. The van der Waals surface area contributed by atoms with Crippen molar-refractivity contribution in [1.29, 1.82) is 0 Å². The lowest BCUT2D eigenvalue weighted by atomic mass is 10.1. The monoisotopic (exact) mass is 474 g/mol. The van der Waals surface area contributed by atoms with E-state index in [1.165, 1.54) is 6.33 Å². The number of pyridine rings is 1. The van der Waals surface area contributed by atoms with E-state index in [1.54, 1.807) is 6.20 Å². The van der Waals surface area contributed by atoms with Crippen LogP contribution in [0.25, 0.3) is 33.0 Å². The highest BCUT2D eigenvalue weighted by Gasteiger charge is 2.12. The molecular weight excluding hydrogens is 459 g/mol. The molecule has 0 bridgehead atoms. The van der Waals surface area contributed by atoms with Gasteiger partial charge in [0.25, 0.3) is 0 Å². The Balaban J connectivity index is 1.27. The lowest BCUT2D eigenvalue weighted by Gasteiger charge is -2.04. The molecule has 6 aromatic rings. The van der Waals surface area contributed by atoms with E-state index in [9.17, 15) is 0 Å². The SMILES string of the molecule is Clc1cnc2ccc(Cc3nc4ncnc(NCc5n[nH]c6ccc(Cl)cc56)c4[nH]3)cc2c1. The van der Waals surface area contributed by atoms with Crippen molar-refractivity contribution in [3.05, 3.63) is 82.1 Å². The maximum absolute atomic E-state index is 6.15. The normalized spacial score (nSPS) is 11.6. The summed E-state index contributed by atoms with van der Waals surface area (Å²) in [7, 11) is 0. The van der Waals surface area contributed by atoms with Crippen LogP contribution in [0.15, 0.2) is 55.0 Å². The third-order valence-electron chi connectivity index (χ3n) is 5.45. The van der Waals surface area contributed by atoms with Crippen molar-refractivity contribution in [2.45, 2.75) is 13.0 Å². The quantitative estimate of drug-likeness (QED) is 0.313. The molecule has 0 saturated carbocycles. The molecule has 0 spiro atoms. The molecule has 0 aliphatic rings. The van der Waals surface area contributed by atoms with Gasteiger partial charge in [0.15, 0.2) is 11.5 Å². The van der Waals surface area contributed by atoms with Gasteiger partial charge in [-0.1, -0.05) is 29.3 Å². The number of imidazole rings is 1. The van der Waals surface area contributed by atoms with Gasteiger partial charge in [0.2, 0.25) is 0 Å². The second kappa shape index (κ2) is 7.99. The van der Waals surface area contributed by atoms with Gasteiger partial charge in [0, 0.05) is 28.4 Å². The maximum Gasteiger partial charge on any atom is 0.183 e. The predicted molar refractivity (Wildman–Crippen MR) is 130 cm³/mol. The van der Waals surface area contributed by atoms with E-state index < -0.39 is 0 Å². The summed E-state index contributed by atoms with van der Waals surface area (Å²) in [4.78, 5) is 21.1. The van der Waals surface area contributed by atoms with E-state index >= 15 is 0 Å². The highest BCUT2D eigenvalue weighted by atomic mass is 35.5. The molecule has 0 fully saturated rings. The number of fused-ring (bicyclic) bond motifs is 3. The van der Waals surface area contributed by atoms with Crippen LogP contribution in [0.1, 0.15) is 17.1 Å². The van der Waals surface area contributed by atoms with Crippen LogP contribution in [0.4, 0.5) is 5.82 Å². The van der Waals surface area contributed by atoms with Crippen molar-refractivity contribution < 1.29 is 0 Å². The van der Waals surface area contributed by atoms with Crippen molar-refractivity contribution in [3.8, 4) is 0 Å². The average molecular weight is 475 g/mol. The van der Waals surface area contributed by atoms with Gasteiger partial charge in [0.05, 0.1) is 28.3 Å². The summed E-state index contributed by atoms with van der Waals surface area (Å²) in [5.74, 6) is 1.45. The third kappa shape index (κ3) is 3.83. The molecule has 8 nitrogen and oxygen atoms in total. The Kier molecular flexibility index (Phi) is 4.82. The first kappa shape index (κ1) is 19.9. The minimum Gasteiger partial charge on any atom is -0.362 e. The summed E-state index contributed by atoms with van der Waals surface area (Å²) in [5.41, 5.74) is 5.12. The van der Waals surface area contributed by atoms with Crippen LogP contribution in [0.2, 0.25) is 10.0 Å². The third-order valence-corrected chi connectivity index (χ3v) is 5.89. The van der Waals surface area contributed by atoms with Crippen molar-refractivity contribution in [2.24, 2.45) is 0 Å². The minimum atomic E-state index is 0.471. The van der Waals surface area contributed by atoms with E-state index in [0.717, 1.165) is 44.4 Å². The number of hydrogen-bond acceptors (Lipinski definition) is 6. The number of aromatic amines is 2.